The molecule has 168 valence electrons. The summed E-state index contributed by atoms with van der Waals surface area (Å²) >= 11 is 0. The van der Waals surface area contributed by atoms with Gasteiger partial charge in [0, 0.05) is 19.5 Å². The van der Waals surface area contributed by atoms with E-state index in [2.05, 4.69) is 10.6 Å². The minimum Gasteiger partial charge on any atom is -0.444 e. The van der Waals surface area contributed by atoms with E-state index in [9.17, 15) is 22.8 Å². The van der Waals surface area contributed by atoms with E-state index in [0.29, 0.717) is 6.42 Å². The summed E-state index contributed by atoms with van der Waals surface area (Å²) in [5.41, 5.74) is -0.636. The largest absolute Gasteiger partial charge is 0.444 e. The van der Waals surface area contributed by atoms with Crippen LogP contribution in [-0.2, 0) is 29.2 Å². The third kappa shape index (κ3) is 9.70. The number of rotatable bonds is 10. The molecule has 1 aromatic carbocycles. The topological polar surface area (TPSA) is 140 Å². The fourth-order valence-corrected chi connectivity index (χ4v) is 2.94. The minimum atomic E-state index is -3.99. The van der Waals surface area contributed by atoms with E-state index in [0.717, 1.165) is 0 Å². The van der Waals surface area contributed by atoms with Crippen molar-refractivity contribution in [2.45, 2.75) is 51.0 Å². The lowest BCUT2D eigenvalue weighted by atomic mass is 10.1. The van der Waals surface area contributed by atoms with Gasteiger partial charge in [-0.1, -0.05) is 25.1 Å². The van der Waals surface area contributed by atoms with Gasteiger partial charge in [-0.15, -0.1) is 0 Å². The molecule has 0 aliphatic rings. The van der Waals surface area contributed by atoms with E-state index in [1.807, 2.05) is 0 Å². The summed E-state index contributed by atoms with van der Waals surface area (Å²) in [6.45, 7) is 6.91. The quantitative estimate of drug-likeness (QED) is 0.465. The van der Waals surface area contributed by atoms with Crippen LogP contribution in [0, 0.1) is 5.92 Å². The van der Waals surface area contributed by atoms with Gasteiger partial charge in [0.05, 0.1) is 10.8 Å². The fraction of sp³-hybridized carbons (Fsp3) is 0.526. The number of sulfonamides is 1. The Hall–Kier alpha value is -2.66. The van der Waals surface area contributed by atoms with Gasteiger partial charge in [0.1, 0.15) is 5.60 Å². The van der Waals surface area contributed by atoms with Crippen molar-refractivity contribution in [1.29, 1.82) is 0 Å². The molecule has 0 saturated heterocycles. The maximum Gasteiger partial charge on any atom is 0.407 e. The van der Waals surface area contributed by atoms with Crippen molar-refractivity contribution in [3.05, 3.63) is 30.3 Å². The summed E-state index contributed by atoms with van der Waals surface area (Å²) in [6.07, 6.45) is -0.316. The third-order valence-electron chi connectivity index (χ3n) is 3.70. The molecule has 0 aliphatic carbocycles. The average Bonchev–Trinajstić information content (AvgIpc) is 2.66. The first-order valence-electron chi connectivity index (χ1n) is 9.45. The van der Waals surface area contributed by atoms with Crippen molar-refractivity contribution in [3.8, 4) is 0 Å². The van der Waals surface area contributed by atoms with Crippen LogP contribution in [0.15, 0.2) is 35.2 Å². The monoisotopic (exact) mass is 443 g/mol. The highest BCUT2D eigenvalue weighted by atomic mass is 32.2. The second kappa shape index (κ2) is 11.5. The Balaban J connectivity index is 2.39. The van der Waals surface area contributed by atoms with Crippen LogP contribution in [0.3, 0.4) is 0 Å². The second-order valence-corrected chi connectivity index (χ2v) is 9.05. The Morgan fingerprint density at radius 2 is 1.70 bits per heavy atom. The van der Waals surface area contributed by atoms with Gasteiger partial charge in [-0.25, -0.2) is 18.0 Å². The molecule has 3 N–H and O–H groups in total. The van der Waals surface area contributed by atoms with Crippen LogP contribution in [0.2, 0.25) is 0 Å². The predicted molar refractivity (Wildman–Crippen MR) is 108 cm³/mol. The van der Waals surface area contributed by atoms with Gasteiger partial charge in [0.15, 0.2) is 0 Å². The zero-order valence-corrected chi connectivity index (χ0v) is 18.4. The molecule has 30 heavy (non-hydrogen) atoms. The molecule has 0 saturated carbocycles. The molecule has 1 atom stereocenters. The molecule has 10 nitrogen and oxygen atoms in total. The number of hydrogen-bond acceptors (Lipinski definition) is 7. The number of carbonyl (C=O) groups excluding carboxylic acids is 3. The normalized spacial score (nSPS) is 12.5. The first-order valence-corrected chi connectivity index (χ1v) is 10.9. The van der Waals surface area contributed by atoms with Gasteiger partial charge < -0.3 is 20.2 Å². The Morgan fingerprint density at radius 1 is 1.07 bits per heavy atom. The molecule has 0 radical (unpaired) electrons. The molecular formula is C19H29N3O7S. The number of hydrogen-bond donors (Lipinski definition) is 3. The summed E-state index contributed by atoms with van der Waals surface area (Å²) in [7, 11) is -3.99. The number of benzene rings is 1. The molecular weight excluding hydrogens is 414 g/mol. The Labute approximate surface area is 176 Å². The number of carbonyl (C=O) groups is 3. The lowest BCUT2D eigenvalue weighted by Gasteiger charge is -2.19. The van der Waals surface area contributed by atoms with E-state index < -0.39 is 33.6 Å². The van der Waals surface area contributed by atoms with Crippen molar-refractivity contribution in [2.75, 3.05) is 13.1 Å². The van der Waals surface area contributed by atoms with E-state index >= 15 is 0 Å². The molecule has 0 aromatic heterocycles. The highest BCUT2D eigenvalue weighted by Gasteiger charge is 2.23. The first-order chi connectivity index (χ1) is 13.9. The van der Waals surface area contributed by atoms with Crippen LogP contribution in [0.5, 0.6) is 0 Å². The minimum absolute atomic E-state index is 0.00857. The predicted octanol–water partition coefficient (Wildman–Crippen LogP) is 1.48. The van der Waals surface area contributed by atoms with E-state index in [4.69, 9.17) is 9.57 Å². The van der Waals surface area contributed by atoms with Gasteiger partial charge in [-0.2, -0.15) is 0 Å². The van der Waals surface area contributed by atoms with Gasteiger partial charge in [-0.05, 0) is 44.2 Å². The molecule has 2 amide bonds. The van der Waals surface area contributed by atoms with Crippen LogP contribution in [0.1, 0.15) is 40.5 Å². The Morgan fingerprint density at radius 3 is 2.27 bits per heavy atom. The number of amides is 2. The standard InChI is InChI=1S/C19H29N3O7S/c1-5-14(13-21-16(23)11-12-20-18(25)28-19(2,3)4)17(24)29-22-30(26,27)15-9-7-6-8-10-15/h6-10,14,22H,5,11-13H2,1-4H3,(H,20,25)(H,21,23)/t14-/m0/s1. The molecule has 0 fully saturated rings. The maximum absolute atomic E-state index is 12.1. The second-order valence-electron chi connectivity index (χ2n) is 7.41. The van der Waals surface area contributed by atoms with Crippen molar-refractivity contribution >= 4 is 28.0 Å². The van der Waals surface area contributed by atoms with E-state index in [1.165, 1.54) is 12.1 Å². The van der Waals surface area contributed by atoms with Gasteiger partial charge in [-0.3, -0.25) is 4.79 Å². The summed E-state index contributed by atoms with van der Waals surface area (Å²) in [5.74, 6) is -1.95. The number of alkyl carbamates (subject to hydrolysis) is 1. The number of ether oxygens (including phenoxy) is 1. The maximum atomic E-state index is 12.1. The van der Waals surface area contributed by atoms with Crippen LogP contribution < -0.4 is 15.5 Å². The van der Waals surface area contributed by atoms with Crippen molar-refractivity contribution in [2.24, 2.45) is 5.92 Å². The van der Waals surface area contributed by atoms with Crippen LogP contribution in [0.25, 0.3) is 0 Å². The highest BCUT2D eigenvalue weighted by Crippen LogP contribution is 2.09. The lowest BCUT2D eigenvalue weighted by Crippen LogP contribution is -2.38. The average molecular weight is 444 g/mol. The molecule has 1 aromatic rings. The zero-order valence-electron chi connectivity index (χ0n) is 17.6. The summed E-state index contributed by atoms with van der Waals surface area (Å²) < 4.78 is 29.2. The smallest absolute Gasteiger partial charge is 0.407 e. The van der Waals surface area contributed by atoms with Crippen molar-refractivity contribution in [3.63, 3.8) is 0 Å². The summed E-state index contributed by atoms with van der Waals surface area (Å²) in [5, 5.41) is 5.01. The highest BCUT2D eigenvalue weighted by molar-refractivity contribution is 7.89. The fourth-order valence-electron chi connectivity index (χ4n) is 2.14. The molecule has 0 bridgehead atoms. The lowest BCUT2D eigenvalue weighted by molar-refractivity contribution is -0.152. The molecule has 0 unspecified atom stereocenters. The van der Waals surface area contributed by atoms with Gasteiger partial charge in [0.2, 0.25) is 5.91 Å². The van der Waals surface area contributed by atoms with Crippen LogP contribution >= 0.6 is 0 Å². The zero-order chi connectivity index (χ0) is 22.8. The molecule has 0 spiro atoms. The number of nitrogens with one attached hydrogen (secondary N) is 3. The third-order valence-corrected chi connectivity index (χ3v) is 4.89. The Kier molecular flexibility index (Phi) is 9.73. The Bertz CT molecular complexity index is 820. The van der Waals surface area contributed by atoms with E-state index in [-0.39, 0.29) is 30.3 Å². The SMILES string of the molecule is CC[C@@H](CNC(=O)CCNC(=O)OC(C)(C)C)C(=O)ONS(=O)(=O)c1ccccc1. The molecule has 11 heteroatoms. The van der Waals surface area contributed by atoms with Crippen LogP contribution in [-0.4, -0.2) is 45.1 Å². The van der Waals surface area contributed by atoms with Gasteiger partial charge >= 0.3 is 12.1 Å². The molecule has 0 heterocycles. The van der Waals surface area contributed by atoms with Crippen molar-refractivity contribution in [1.82, 2.24) is 15.5 Å². The van der Waals surface area contributed by atoms with Crippen LogP contribution in [0.4, 0.5) is 4.79 Å². The van der Waals surface area contributed by atoms with E-state index in [1.54, 1.807) is 50.8 Å². The molecule has 1 rings (SSSR count). The summed E-state index contributed by atoms with van der Waals surface area (Å²) in [6, 6.07) is 7.46. The molecule has 0 aliphatic heterocycles. The summed E-state index contributed by atoms with van der Waals surface area (Å²) in [4.78, 5) is 42.0. The first kappa shape index (κ1) is 25.4. The van der Waals surface area contributed by atoms with Crippen molar-refractivity contribution < 1.29 is 32.4 Å². The van der Waals surface area contributed by atoms with Gasteiger partial charge in [0.25, 0.3) is 10.0 Å².